The van der Waals surface area contributed by atoms with E-state index in [1.165, 1.54) is 14.2 Å². The first-order valence-electron chi connectivity index (χ1n) is 20.4. The van der Waals surface area contributed by atoms with E-state index in [2.05, 4.69) is 30.9 Å². The number of hydrogen-bond donors (Lipinski definition) is 5. The molecular weight excluding hydrogens is 809 g/mol. The van der Waals surface area contributed by atoms with Crippen LogP contribution in [-0.4, -0.2) is 98.4 Å². The van der Waals surface area contributed by atoms with Crippen molar-refractivity contribution in [2.24, 2.45) is 11.8 Å². The summed E-state index contributed by atoms with van der Waals surface area (Å²) >= 11 is 3.25. The summed E-state index contributed by atoms with van der Waals surface area (Å²) in [5.41, 5.74) is 3.37. The monoisotopic (exact) mass is 858 g/mol. The summed E-state index contributed by atoms with van der Waals surface area (Å²) in [6.07, 6.45) is 10.9. The van der Waals surface area contributed by atoms with Crippen molar-refractivity contribution in [3.63, 3.8) is 0 Å². The fraction of sp³-hybridized carbons (Fsp3) is 0.476. The molecule has 4 amide bonds. The van der Waals surface area contributed by atoms with Gasteiger partial charge in [-0.3, -0.25) is 9.59 Å². The Morgan fingerprint density at radius 2 is 1.40 bits per heavy atom. The molecule has 2 aromatic carbocycles. The largest absolute Gasteiger partial charge is 0.453 e. The number of nitrogens with zero attached hydrogens (tertiary/aromatic N) is 3. The van der Waals surface area contributed by atoms with Crippen LogP contribution in [0.15, 0.2) is 48.8 Å². The lowest BCUT2D eigenvalue weighted by atomic mass is 9.96. The van der Waals surface area contributed by atoms with E-state index in [1.807, 2.05) is 41.3 Å². The lowest BCUT2D eigenvalue weighted by molar-refractivity contribution is -0.135. The number of alkyl carbamates (subject to hydrolysis) is 2. The topological polar surface area (TPSA) is 202 Å². The summed E-state index contributed by atoms with van der Waals surface area (Å²) in [7, 11) is 2.61. The minimum absolute atomic E-state index is 0.0813. The summed E-state index contributed by atoms with van der Waals surface area (Å²) in [4.78, 5) is 68.8. The molecule has 3 atom stereocenters. The molecule has 2 aromatic heterocycles. The number of imidazole rings is 2. The molecule has 4 heterocycles. The molecule has 18 heteroatoms. The van der Waals surface area contributed by atoms with Crippen LogP contribution in [0.3, 0.4) is 0 Å². The van der Waals surface area contributed by atoms with Crippen LogP contribution in [0, 0.1) is 11.8 Å². The third-order valence-corrected chi connectivity index (χ3v) is 13.5. The molecule has 2 aliphatic carbocycles. The number of methoxy groups -OCH3 is 2. The summed E-state index contributed by atoms with van der Waals surface area (Å²) in [6.45, 7) is 0. The quantitative estimate of drug-likeness (QED) is 0.0560. The van der Waals surface area contributed by atoms with Gasteiger partial charge in [0.25, 0.3) is 0 Å². The van der Waals surface area contributed by atoms with Crippen molar-refractivity contribution in [2.75, 3.05) is 37.5 Å². The van der Waals surface area contributed by atoms with Gasteiger partial charge >= 0.3 is 12.2 Å². The Hall–Kier alpha value is -5.36. The molecule has 318 valence electrons. The van der Waals surface area contributed by atoms with Gasteiger partial charge in [-0.1, -0.05) is 25.7 Å². The molecule has 4 aliphatic rings. The highest BCUT2D eigenvalue weighted by Gasteiger charge is 2.41. The highest BCUT2D eigenvalue weighted by atomic mass is 32.2. The molecule has 4 aromatic rings. The molecule has 8 rings (SSSR count). The van der Waals surface area contributed by atoms with Crippen LogP contribution < -0.4 is 25.4 Å². The van der Waals surface area contributed by atoms with E-state index >= 15 is 0 Å². The second-order valence-corrected chi connectivity index (χ2v) is 17.5. The number of carbonyl (C=O) groups is 4. The fourth-order valence-corrected chi connectivity index (χ4v) is 10.4. The van der Waals surface area contributed by atoms with E-state index in [1.54, 1.807) is 35.9 Å². The first-order valence-corrected chi connectivity index (χ1v) is 22.7. The summed E-state index contributed by atoms with van der Waals surface area (Å²) in [5.74, 6) is 6.09. The van der Waals surface area contributed by atoms with Gasteiger partial charge in [-0.05, 0) is 73.9 Å². The number of rotatable bonds is 14. The third-order valence-electron chi connectivity index (χ3n) is 11.7. The Kier molecular flexibility index (Phi) is 13.0. The molecule has 60 heavy (non-hydrogen) atoms. The van der Waals surface area contributed by atoms with Gasteiger partial charge in [0.15, 0.2) is 23.0 Å². The number of ether oxygens (including phenoxy) is 4. The lowest BCUT2D eigenvalue weighted by Gasteiger charge is -2.30. The molecule has 3 fully saturated rings. The molecular formula is C42H50N8O8S2. The zero-order valence-electron chi connectivity index (χ0n) is 33.6. The van der Waals surface area contributed by atoms with Crippen LogP contribution >= 0.6 is 23.5 Å². The first kappa shape index (κ1) is 41.4. The third kappa shape index (κ3) is 9.33. The number of aryl methyl sites for hydroxylation is 1. The average Bonchev–Trinajstić information content (AvgIpc) is 4.13. The van der Waals surface area contributed by atoms with E-state index in [0.29, 0.717) is 52.7 Å². The number of nitrogens with one attached hydrogen (secondary N) is 5. The van der Waals surface area contributed by atoms with Gasteiger partial charge in [0.1, 0.15) is 23.7 Å². The van der Waals surface area contributed by atoms with Gasteiger partial charge in [-0.2, -0.15) is 0 Å². The molecule has 16 nitrogen and oxygen atoms in total. The zero-order chi connectivity index (χ0) is 41.6. The number of benzene rings is 2. The molecule has 2 aliphatic heterocycles. The van der Waals surface area contributed by atoms with Gasteiger partial charge in [0.2, 0.25) is 11.8 Å². The van der Waals surface area contributed by atoms with Gasteiger partial charge in [-0.25, -0.2) is 19.6 Å². The number of fused-ring (bicyclic) bond motifs is 2. The molecule has 2 saturated carbocycles. The maximum absolute atomic E-state index is 13.9. The predicted octanol–water partition coefficient (Wildman–Crippen LogP) is 7.12. The Bertz CT molecular complexity index is 2190. The standard InChI is InChI=1S/C42H50N8O8S2/c1-55-41(53)48-36(24-7-3-4-8-24)39(51)45-22-59-16-15-35-43-19-28(46-35)26-11-13-31-33(17-26)57-32-14-12-27(18-34(32)58-31)29-20-44-38(47-29)30-21-60-23-50(30)40(52)37(49-42(54)56-2)25-9-5-6-10-25/h11-14,17-20,24-25,30,36-37H,3-10,15-16,21-23H2,1-2H3,(H,43,46)(H,44,47)(H,45,51)(H,48,53)(H,49,54)/t30-,36-,37-/m0/s1. The number of amides is 4. The van der Waals surface area contributed by atoms with Gasteiger partial charge in [-0.15, -0.1) is 23.5 Å². The molecule has 0 radical (unpaired) electrons. The Morgan fingerprint density at radius 1 is 0.817 bits per heavy atom. The molecule has 0 spiro atoms. The van der Waals surface area contributed by atoms with E-state index in [-0.39, 0.29) is 29.7 Å². The number of hydrogen-bond acceptors (Lipinski definition) is 12. The second-order valence-electron chi connectivity index (χ2n) is 15.4. The van der Waals surface area contributed by atoms with Gasteiger partial charge < -0.3 is 49.8 Å². The number of aromatic amines is 2. The average molecular weight is 859 g/mol. The van der Waals surface area contributed by atoms with E-state index in [4.69, 9.17) is 23.9 Å². The summed E-state index contributed by atoms with van der Waals surface area (Å²) in [5, 5.41) is 8.49. The summed E-state index contributed by atoms with van der Waals surface area (Å²) < 4.78 is 22.2. The minimum Gasteiger partial charge on any atom is -0.453 e. The fourth-order valence-electron chi connectivity index (χ4n) is 8.48. The number of carbonyl (C=O) groups excluding carboxylic acids is 4. The van der Waals surface area contributed by atoms with Crippen molar-refractivity contribution in [1.29, 1.82) is 0 Å². The number of aromatic nitrogens is 4. The smallest absolute Gasteiger partial charge is 0.407 e. The van der Waals surface area contributed by atoms with Crippen LogP contribution in [0.4, 0.5) is 9.59 Å². The van der Waals surface area contributed by atoms with Crippen molar-refractivity contribution in [3.8, 4) is 45.5 Å². The maximum atomic E-state index is 13.9. The Labute approximate surface area is 356 Å². The van der Waals surface area contributed by atoms with Crippen molar-refractivity contribution in [2.45, 2.75) is 75.9 Å². The van der Waals surface area contributed by atoms with E-state index in [9.17, 15) is 19.2 Å². The Morgan fingerprint density at radius 3 is 2.03 bits per heavy atom. The van der Waals surface area contributed by atoms with E-state index in [0.717, 1.165) is 85.5 Å². The second kappa shape index (κ2) is 18.9. The molecule has 0 bridgehead atoms. The first-order chi connectivity index (χ1) is 29.3. The van der Waals surface area contributed by atoms with Crippen LogP contribution in [0.1, 0.15) is 69.1 Å². The van der Waals surface area contributed by atoms with Crippen LogP contribution in [0.5, 0.6) is 23.0 Å². The highest BCUT2D eigenvalue weighted by molar-refractivity contribution is 7.99. The van der Waals surface area contributed by atoms with Crippen LogP contribution in [0.25, 0.3) is 22.5 Å². The maximum Gasteiger partial charge on any atom is 0.407 e. The van der Waals surface area contributed by atoms with Crippen molar-refractivity contribution in [3.05, 3.63) is 60.4 Å². The van der Waals surface area contributed by atoms with Crippen LogP contribution in [0.2, 0.25) is 0 Å². The van der Waals surface area contributed by atoms with Crippen LogP contribution in [-0.2, 0) is 25.5 Å². The number of H-pyrrole nitrogens is 2. The van der Waals surface area contributed by atoms with Crippen molar-refractivity contribution in [1.82, 2.24) is 40.8 Å². The van der Waals surface area contributed by atoms with E-state index < -0.39 is 24.3 Å². The molecule has 5 N–H and O–H groups in total. The molecule has 1 saturated heterocycles. The minimum atomic E-state index is -0.632. The summed E-state index contributed by atoms with van der Waals surface area (Å²) in [6, 6.07) is 9.97. The van der Waals surface area contributed by atoms with Gasteiger partial charge in [0.05, 0.1) is 55.8 Å². The normalized spacial score (nSPS) is 18.4. The predicted molar refractivity (Wildman–Crippen MR) is 227 cm³/mol. The zero-order valence-corrected chi connectivity index (χ0v) is 35.3. The van der Waals surface area contributed by atoms with Crippen molar-refractivity contribution < 1.29 is 38.1 Å². The highest BCUT2D eigenvalue weighted by Crippen LogP contribution is 2.48. The SMILES string of the molecule is COC(=O)N[C@H](C(=O)NCSCCc1ncc(-c2ccc3c(c2)Oc2ccc(-c4cnc([C@@H]5CSCN5C(=O)[C@@H](NC(=O)OC)C5CCCC5)[nH]4)cc2O3)[nH]1)C1CCCC1. The van der Waals surface area contributed by atoms with Gasteiger partial charge in [0, 0.05) is 29.1 Å². The number of thioether (sulfide) groups is 2. The Balaban J connectivity index is 0.852. The van der Waals surface area contributed by atoms with Crippen molar-refractivity contribution >= 4 is 47.5 Å². The molecule has 0 unspecified atom stereocenters. The lowest BCUT2D eigenvalue weighted by Crippen LogP contribution is -2.51.